The average Bonchev–Trinajstić information content (AvgIpc) is 2.56. The van der Waals surface area contributed by atoms with Crippen molar-refractivity contribution in [3.05, 3.63) is 64.6 Å². The average molecular weight is 332 g/mol. The highest BCUT2D eigenvalue weighted by Gasteiger charge is 2.14. The van der Waals surface area contributed by atoms with E-state index in [1.807, 2.05) is 43.5 Å². The van der Waals surface area contributed by atoms with Crippen molar-refractivity contribution in [1.82, 2.24) is 9.97 Å². The maximum absolute atomic E-state index is 10.9. The molecule has 0 spiro atoms. The molecule has 1 atom stereocenters. The van der Waals surface area contributed by atoms with Gasteiger partial charge in [0.05, 0.1) is 6.04 Å². The number of rotatable bonds is 5. The number of benzene rings is 1. The number of nitrogens with zero attached hydrogens (tertiary/aromatic N) is 3. The molecule has 1 aromatic carbocycles. The van der Waals surface area contributed by atoms with Crippen LogP contribution in [0.2, 0.25) is 0 Å². The van der Waals surface area contributed by atoms with Crippen molar-refractivity contribution in [3.8, 4) is 0 Å². The van der Waals surface area contributed by atoms with E-state index in [0.29, 0.717) is 6.42 Å². The Labute approximate surface area is 139 Å². The highest BCUT2D eigenvalue weighted by molar-refractivity contribution is 7.97. The molecule has 1 unspecified atom stereocenters. The second-order valence-electron chi connectivity index (χ2n) is 4.84. The van der Waals surface area contributed by atoms with Gasteiger partial charge in [-0.15, -0.1) is 4.91 Å². The molecular weight excluding hydrogens is 312 g/mol. The lowest BCUT2D eigenvalue weighted by molar-refractivity contribution is -0.119. The lowest BCUT2D eigenvalue weighted by Gasteiger charge is -2.07. The van der Waals surface area contributed by atoms with Crippen molar-refractivity contribution < 1.29 is 4.79 Å². The number of hydrogen-bond acceptors (Lipinski definition) is 6. The van der Waals surface area contributed by atoms with Gasteiger partial charge in [0.25, 0.3) is 0 Å². The van der Waals surface area contributed by atoms with Crippen molar-refractivity contribution in [2.24, 2.45) is 10.9 Å². The molecule has 0 bridgehead atoms. The van der Waals surface area contributed by atoms with Crippen molar-refractivity contribution >= 4 is 17.7 Å². The first-order valence-electron chi connectivity index (χ1n) is 6.99. The molecule has 0 aliphatic heterocycles. The van der Waals surface area contributed by atoms with Crippen molar-refractivity contribution in [2.45, 2.75) is 25.1 Å². The molecule has 0 saturated heterocycles. The van der Waals surface area contributed by atoms with Crippen LogP contribution in [-0.2, 0) is 17.0 Å². The van der Waals surface area contributed by atoms with Gasteiger partial charge in [0.15, 0.2) is 0 Å². The molecule has 23 heavy (non-hydrogen) atoms. The van der Waals surface area contributed by atoms with Gasteiger partial charge >= 0.3 is 5.91 Å². The highest BCUT2D eigenvalue weighted by atomic mass is 32.2. The van der Waals surface area contributed by atoms with Crippen molar-refractivity contribution in [2.75, 3.05) is 6.26 Å². The minimum absolute atomic E-state index is 0.354. The first-order valence-corrected chi connectivity index (χ1v) is 8.38. The maximum Gasteiger partial charge on any atom is 0.303 e. The van der Waals surface area contributed by atoms with Crippen LogP contribution in [0.25, 0.3) is 0 Å². The van der Waals surface area contributed by atoms with Gasteiger partial charge in [0.2, 0.25) is 0 Å². The largest absolute Gasteiger partial charge is 0.319 e. The van der Waals surface area contributed by atoms with Crippen LogP contribution in [0.3, 0.4) is 0 Å². The van der Waals surface area contributed by atoms with Crippen LogP contribution in [0, 0.1) is 11.8 Å². The minimum Gasteiger partial charge on any atom is -0.319 e. The first-order chi connectivity index (χ1) is 11.1. The second kappa shape index (κ2) is 10.6. The van der Waals surface area contributed by atoms with Gasteiger partial charge in [-0.3, -0.25) is 4.79 Å². The lowest BCUT2D eigenvalue weighted by Crippen LogP contribution is -2.31. The van der Waals surface area contributed by atoms with Gasteiger partial charge in [-0.05, 0) is 36.8 Å². The molecule has 1 heterocycles. The van der Waals surface area contributed by atoms with Gasteiger partial charge in [0, 0.05) is 22.8 Å². The Bertz CT molecular complexity index is 622. The Kier molecular flexibility index (Phi) is 8.71. The Morgan fingerprint density at radius 1 is 1.35 bits per heavy atom. The van der Waals surface area contributed by atoms with Gasteiger partial charge in [-0.2, -0.15) is 11.8 Å². The number of nitroso groups, excluding NO2 is 1. The van der Waals surface area contributed by atoms with Crippen LogP contribution < -0.4 is 5.73 Å². The molecule has 0 fully saturated rings. The van der Waals surface area contributed by atoms with Gasteiger partial charge in [-0.1, -0.05) is 24.3 Å². The summed E-state index contributed by atoms with van der Waals surface area (Å²) in [5.74, 6) is 0.124. The normalized spacial score (nSPS) is 11.1. The molecule has 0 aliphatic rings. The van der Waals surface area contributed by atoms with Crippen molar-refractivity contribution in [3.63, 3.8) is 0 Å². The second-order valence-corrected chi connectivity index (χ2v) is 5.71. The molecule has 2 rings (SSSR count). The molecule has 0 aliphatic carbocycles. The smallest absolute Gasteiger partial charge is 0.303 e. The summed E-state index contributed by atoms with van der Waals surface area (Å²) in [5.41, 5.74) is 8.68. The van der Waals surface area contributed by atoms with E-state index in [9.17, 15) is 9.70 Å². The van der Waals surface area contributed by atoms with Crippen LogP contribution in [0.5, 0.6) is 0 Å². The zero-order valence-corrected chi connectivity index (χ0v) is 14.0. The molecule has 1 amide bonds. The summed E-state index contributed by atoms with van der Waals surface area (Å²) >= 11 is 1.73. The molecule has 0 radical (unpaired) electrons. The molecule has 6 nitrogen and oxygen atoms in total. The maximum atomic E-state index is 10.9. The zero-order valence-electron chi connectivity index (χ0n) is 13.2. The number of aromatic nitrogens is 2. The summed E-state index contributed by atoms with van der Waals surface area (Å²) in [6.45, 7) is 1.93. The van der Waals surface area contributed by atoms with Crippen LogP contribution in [-0.4, -0.2) is 28.2 Å². The quantitative estimate of drug-likeness (QED) is 0.845. The molecule has 2 N–H and O–H groups in total. The Hall–Kier alpha value is -2.12. The minimum atomic E-state index is -0.831. The topological polar surface area (TPSA) is 98.3 Å². The van der Waals surface area contributed by atoms with Crippen LogP contribution in [0.1, 0.15) is 16.8 Å². The summed E-state index contributed by atoms with van der Waals surface area (Å²) in [4.78, 5) is 28.5. The summed E-state index contributed by atoms with van der Waals surface area (Å²) in [6, 6.07) is 8.86. The lowest BCUT2D eigenvalue weighted by atomic mass is 10.0. The molecular formula is C16H20N4O2S. The monoisotopic (exact) mass is 332 g/mol. The number of aryl methyl sites for hydroxylation is 1. The van der Waals surface area contributed by atoms with E-state index in [-0.39, 0.29) is 0 Å². The van der Waals surface area contributed by atoms with E-state index in [0.717, 1.165) is 17.0 Å². The van der Waals surface area contributed by atoms with E-state index < -0.39 is 11.9 Å². The molecule has 2 aromatic rings. The standard InChI is InChI=1S/C11H14N2O2S.C5H6N2/c1-16-7-9-4-2-3-8(5-9)6-10(12)11(14)13-15;1-5-2-3-6-4-7-5/h2-5,10H,6-7,12H2,1H3;2-4H,1H3. The highest BCUT2D eigenvalue weighted by Crippen LogP contribution is 2.12. The van der Waals surface area contributed by atoms with Crippen LogP contribution in [0.4, 0.5) is 0 Å². The Morgan fingerprint density at radius 3 is 2.61 bits per heavy atom. The summed E-state index contributed by atoms with van der Waals surface area (Å²) in [7, 11) is 0. The van der Waals surface area contributed by atoms with E-state index in [4.69, 9.17) is 5.73 Å². The van der Waals surface area contributed by atoms with Gasteiger partial charge in [0.1, 0.15) is 6.33 Å². The van der Waals surface area contributed by atoms with Crippen LogP contribution >= 0.6 is 11.8 Å². The van der Waals surface area contributed by atoms with Gasteiger partial charge in [-0.25, -0.2) is 9.97 Å². The van der Waals surface area contributed by atoms with E-state index >= 15 is 0 Å². The molecule has 1 aromatic heterocycles. The number of carbonyl (C=O) groups is 1. The fraction of sp³-hybridized carbons (Fsp3) is 0.312. The predicted molar refractivity (Wildman–Crippen MR) is 92.9 cm³/mol. The Balaban J connectivity index is 0.000000313. The fourth-order valence-electron chi connectivity index (χ4n) is 1.78. The predicted octanol–water partition coefficient (Wildman–Crippen LogP) is 2.50. The fourth-order valence-corrected chi connectivity index (χ4v) is 2.29. The number of amides is 1. The van der Waals surface area contributed by atoms with Crippen LogP contribution in [0.15, 0.2) is 48.0 Å². The third kappa shape index (κ3) is 7.62. The number of hydrogen-bond donors (Lipinski definition) is 1. The third-order valence-electron chi connectivity index (χ3n) is 2.90. The first kappa shape index (κ1) is 18.9. The summed E-state index contributed by atoms with van der Waals surface area (Å²) < 4.78 is 0. The summed E-state index contributed by atoms with van der Waals surface area (Å²) in [6.07, 6.45) is 5.64. The van der Waals surface area contributed by atoms with E-state index in [2.05, 4.69) is 15.1 Å². The Morgan fingerprint density at radius 2 is 2.09 bits per heavy atom. The van der Waals surface area contributed by atoms with Gasteiger partial charge < -0.3 is 5.73 Å². The number of thioether (sulfide) groups is 1. The number of nitrogens with two attached hydrogens (primary N) is 1. The molecule has 7 heteroatoms. The molecule has 0 saturated carbocycles. The number of carbonyl (C=O) groups excluding carboxylic acids is 1. The van der Waals surface area contributed by atoms with E-state index in [1.54, 1.807) is 18.0 Å². The summed E-state index contributed by atoms with van der Waals surface area (Å²) in [5, 5.41) is 2.33. The molecule has 122 valence electrons. The SMILES string of the molecule is CSCc1cccc(CC(N)C(=O)N=O)c1.Cc1ccncn1. The zero-order chi connectivity index (χ0) is 17.1. The third-order valence-corrected chi connectivity index (χ3v) is 3.52. The van der Waals surface area contributed by atoms with Crippen molar-refractivity contribution in [1.29, 1.82) is 0 Å². The van der Waals surface area contributed by atoms with E-state index in [1.165, 1.54) is 11.9 Å².